The van der Waals surface area contributed by atoms with E-state index in [1.165, 1.54) is 12.3 Å². The maximum absolute atomic E-state index is 11.7. The summed E-state index contributed by atoms with van der Waals surface area (Å²) in [6, 6.07) is 2.81. The highest BCUT2D eigenvalue weighted by molar-refractivity contribution is 6.18. The number of carbonyl (C=O) groups excluding carboxylic acids is 1. The SMILES string of the molecule is CC(CCl)C(C)NC(=O)c1cc[nH]c(=O)c1. The molecule has 0 spiro atoms. The second kappa shape index (κ2) is 5.70. The number of amides is 1. The van der Waals surface area contributed by atoms with Crippen LogP contribution in [0.3, 0.4) is 0 Å². The molecule has 1 aromatic heterocycles. The third-order valence-electron chi connectivity index (χ3n) is 2.49. The summed E-state index contributed by atoms with van der Waals surface area (Å²) < 4.78 is 0. The molecule has 0 saturated heterocycles. The molecule has 0 aliphatic carbocycles. The van der Waals surface area contributed by atoms with E-state index in [0.29, 0.717) is 11.4 Å². The number of rotatable bonds is 4. The van der Waals surface area contributed by atoms with Crippen LogP contribution in [0.15, 0.2) is 23.1 Å². The molecule has 88 valence electrons. The maximum atomic E-state index is 11.7. The lowest BCUT2D eigenvalue weighted by Gasteiger charge is -2.18. The smallest absolute Gasteiger partial charge is 0.251 e. The van der Waals surface area contributed by atoms with E-state index in [0.717, 1.165) is 0 Å². The first kappa shape index (κ1) is 12.8. The van der Waals surface area contributed by atoms with Crippen LogP contribution in [0.1, 0.15) is 24.2 Å². The first-order valence-corrected chi connectivity index (χ1v) is 5.63. The molecule has 0 aromatic carbocycles. The van der Waals surface area contributed by atoms with Gasteiger partial charge < -0.3 is 10.3 Å². The van der Waals surface area contributed by atoms with Crippen LogP contribution in [0.2, 0.25) is 0 Å². The molecule has 4 nitrogen and oxygen atoms in total. The van der Waals surface area contributed by atoms with Crippen molar-refractivity contribution in [2.24, 2.45) is 5.92 Å². The predicted octanol–water partition coefficient (Wildman–Crippen LogP) is 1.37. The third-order valence-corrected chi connectivity index (χ3v) is 2.98. The number of hydrogen-bond donors (Lipinski definition) is 2. The van der Waals surface area contributed by atoms with Crippen molar-refractivity contribution in [2.75, 3.05) is 5.88 Å². The topological polar surface area (TPSA) is 62.0 Å². The lowest BCUT2D eigenvalue weighted by Crippen LogP contribution is -2.38. The van der Waals surface area contributed by atoms with Gasteiger partial charge in [0.05, 0.1) is 0 Å². The third kappa shape index (κ3) is 3.38. The number of pyridine rings is 1. The van der Waals surface area contributed by atoms with Crippen molar-refractivity contribution in [2.45, 2.75) is 19.9 Å². The van der Waals surface area contributed by atoms with Crippen LogP contribution in [0.5, 0.6) is 0 Å². The van der Waals surface area contributed by atoms with E-state index in [4.69, 9.17) is 11.6 Å². The number of aromatic amines is 1. The molecule has 2 N–H and O–H groups in total. The van der Waals surface area contributed by atoms with E-state index in [1.54, 1.807) is 6.07 Å². The van der Waals surface area contributed by atoms with Gasteiger partial charge in [0.15, 0.2) is 0 Å². The molecule has 2 unspecified atom stereocenters. The quantitative estimate of drug-likeness (QED) is 0.784. The fourth-order valence-electron chi connectivity index (χ4n) is 1.15. The number of alkyl halides is 1. The molecule has 0 aliphatic heterocycles. The Kier molecular flexibility index (Phi) is 4.55. The Bertz CT molecular complexity index is 416. The van der Waals surface area contributed by atoms with Gasteiger partial charge in [-0.2, -0.15) is 0 Å². The summed E-state index contributed by atoms with van der Waals surface area (Å²) in [6.45, 7) is 3.84. The summed E-state index contributed by atoms with van der Waals surface area (Å²) in [4.78, 5) is 25.2. The lowest BCUT2D eigenvalue weighted by atomic mass is 10.1. The van der Waals surface area contributed by atoms with Crippen LogP contribution < -0.4 is 10.9 Å². The summed E-state index contributed by atoms with van der Waals surface area (Å²) in [7, 11) is 0. The molecule has 1 heterocycles. The van der Waals surface area contributed by atoms with Gasteiger partial charge in [-0.05, 0) is 18.9 Å². The van der Waals surface area contributed by atoms with Crippen molar-refractivity contribution in [3.05, 3.63) is 34.2 Å². The van der Waals surface area contributed by atoms with E-state index in [9.17, 15) is 9.59 Å². The highest BCUT2D eigenvalue weighted by atomic mass is 35.5. The molecule has 1 rings (SSSR count). The molecule has 0 bridgehead atoms. The van der Waals surface area contributed by atoms with E-state index in [1.807, 2.05) is 13.8 Å². The van der Waals surface area contributed by atoms with Crippen molar-refractivity contribution in [1.29, 1.82) is 0 Å². The monoisotopic (exact) mass is 242 g/mol. The number of aromatic nitrogens is 1. The van der Waals surface area contributed by atoms with Gasteiger partial charge in [0.25, 0.3) is 5.91 Å². The van der Waals surface area contributed by atoms with Gasteiger partial charge in [-0.25, -0.2) is 0 Å². The summed E-state index contributed by atoms with van der Waals surface area (Å²) >= 11 is 5.70. The fraction of sp³-hybridized carbons (Fsp3) is 0.455. The average molecular weight is 243 g/mol. The van der Waals surface area contributed by atoms with Crippen LogP contribution in [0.25, 0.3) is 0 Å². The Morgan fingerprint density at radius 2 is 2.25 bits per heavy atom. The summed E-state index contributed by atoms with van der Waals surface area (Å²) in [5.74, 6) is 0.416. The van der Waals surface area contributed by atoms with Crippen molar-refractivity contribution >= 4 is 17.5 Å². The number of H-pyrrole nitrogens is 1. The fourth-order valence-corrected chi connectivity index (χ4v) is 1.42. The van der Waals surface area contributed by atoms with E-state index in [-0.39, 0.29) is 23.4 Å². The lowest BCUT2D eigenvalue weighted by molar-refractivity contribution is 0.0930. The Labute approximate surface area is 99.0 Å². The molecule has 1 aromatic rings. The molecular weight excluding hydrogens is 228 g/mol. The largest absolute Gasteiger partial charge is 0.349 e. The minimum Gasteiger partial charge on any atom is -0.349 e. The number of carbonyl (C=O) groups is 1. The Morgan fingerprint density at radius 1 is 1.56 bits per heavy atom. The zero-order chi connectivity index (χ0) is 12.1. The minimum atomic E-state index is -0.286. The molecule has 0 radical (unpaired) electrons. The number of hydrogen-bond acceptors (Lipinski definition) is 2. The highest BCUT2D eigenvalue weighted by Crippen LogP contribution is 2.05. The zero-order valence-corrected chi connectivity index (χ0v) is 10.0. The molecule has 16 heavy (non-hydrogen) atoms. The van der Waals surface area contributed by atoms with Crippen LogP contribution in [0.4, 0.5) is 0 Å². The van der Waals surface area contributed by atoms with Gasteiger partial charge in [0.2, 0.25) is 5.56 Å². The van der Waals surface area contributed by atoms with Crippen molar-refractivity contribution < 1.29 is 4.79 Å². The standard InChI is InChI=1S/C11H15ClN2O2/c1-7(6-12)8(2)14-11(16)9-3-4-13-10(15)5-9/h3-5,7-8H,6H2,1-2H3,(H,13,15)(H,14,16). The van der Waals surface area contributed by atoms with Crippen molar-refractivity contribution in [3.8, 4) is 0 Å². The van der Waals surface area contributed by atoms with Gasteiger partial charge >= 0.3 is 0 Å². The molecular formula is C11H15ClN2O2. The van der Waals surface area contributed by atoms with Crippen molar-refractivity contribution in [1.82, 2.24) is 10.3 Å². The summed E-state index contributed by atoms with van der Waals surface area (Å²) in [5.41, 5.74) is 0.0723. The first-order valence-electron chi connectivity index (χ1n) is 5.10. The van der Waals surface area contributed by atoms with Gasteiger partial charge in [-0.15, -0.1) is 11.6 Å². The van der Waals surface area contributed by atoms with E-state index >= 15 is 0 Å². The van der Waals surface area contributed by atoms with Crippen LogP contribution in [-0.2, 0) is 0 Å². The average Bonchev–Trinajstić information content (AvgIpc) is 2.27. The van der Waals surface area contributed by atoms with Crippen molar-refractivity contribution in [3.63, 3.8) is 0 Å². The molecule has 0 aliphatic rings. The Morgan fingerprint density at radius 3 is 2.81 bits per heavy atom. The Hall–Kier alpha value is -1.29. The van der Waals surface area contributed by atoms with Gasteiger partial charge in [-0.3, -0.25) is 9.59 Å². The number of nitrogens with one attached hydrogen (secondary N) is 2. The Balaban J connectivity index is 2.69. The van der Waals surface area contributed by atoms with Gasteiger partial charge in [0.1, 0.15) is 0 Å². The first-order chi connectivity index (χ1) is 7.54. The van der Waals surface area contributed by atoms with Crippen LogP contribution in [0, 0.1) is 5.92 Å². The molecule has 0 saturated carbocycles. The normalized spacial score (nSPS) is 14.2. The van der Waals surface area contributed by atoms with Crippen LogP contribution >= 0.6 is 11.6 Å². The summed E-state index contributed by atoms with van der Waals surface area (Å²) in [5, 5.41) is 2.80. The molecule has 5 heteroatoms. The molecule has 1 amide bonds. The molecule has 2 atom stereocenters. The number of halogens is 1. The van der Waals surface area contributed by atoms with E-state index in [2.05, 4.69) is 10.3 Å². The second-order valence-corrected chi connectivity index (χ2v) is 4.14. The van der Waals surface area contributed by atoms with E-state index < -0.39 is 0 Å². The highest BCUT2D eigenvalue weighted by Gasteiger charge is 2.14. The minimum absolute atomic E-state index is 0.0238. The molecule has 0 fully saturated rings. The maximum Gasteiger partial charge on any atom is 0.251 e. The summed E-state index contributed by atoms with van der Waals surface area (Å²) in [6.07, 6.45) is 1.45. The van der Waals surface area contributed by atoms with Gasteiger partial charge in [-0.1, -0.05) is 6.92 Å². The van der Waals surface area contributed by atoms with Crippen LogP contribution in [-0.4, -0.2) is 22.8 Å². The predicted molar refractivity (Wildman–Crippen MR) is 63.9 cm³/mol. The zero-order valence-electron chi connectivity index (χ0n) is 9.29. The van der Waals surface area contributed by atoms with Gasteiger partial charge in [0, 0.05) is 29.7 Å². The second-order valence-electron chi connectivity index (χ2n) is 3.84.